The molecule has 0 bridgehead atoms. The number of hydrogen-bond acceptors (Lipinski definition) is 3. The summed E-state index contributed by atoms with van der Waals surface area (Å²) in [5, 5.41) is 0. The van der Waals surface area contributed by atoms with Gasteiger partial charge in [0.2, 0.25) is 0 Å². The summed E-state index contributed by atoms with van der Waals surface area (Å²) in [6, 6.07) is 1.89. The van der Waals surface area contributed by atoms with Crippen LogP contribution in [0.15, 0.2) is 23.0 Å². The molecule has 0 radical (unpaired) electrons. The normalized spacial score (nSPS) is 25.9. The van der Waals surface area contributed by atoms with Gasteiger partial charge in [-0.1, -0.05) is 26.2 Å². The van der Waals surface area contributed by atoms with Crippen LogP contribution in [0.5, 0.6) is 0 Å². The summed E-state index contributed by atoms with van der Waals surface area (Å²) in [5.41, 5.74) is 0.980. The van der Waals surface area contributed by atoms with E-state index in [1.807, 2.05) is 6.07 Å². The van der Waals surface area contributed by atoms with Crippen LogP contribution in [-0.2, 0) is 9.47 Å². The number of unbranched alkanes of at least 4 members (excludes halogenated alkanes) is 2. The van der Waals surface area contributed by atoms with E-state index in [9.17, 15) is 0 Å². The molecular formula is C12H18O3. The van der Waals surface area contributed by atoms with Crippen LogP contribution in [-0.4, -0.2) is 12.7 Å². The number of hydrogen-bond donors (Lipinski definition) is 0. The second-order valence-electron chi connectivity index (χ2n) is 3.98. The zero-order chi connectivity index (χ0) is 10.5. The maximum atomic E-state index is 5.77. The van der Waals surface area contributed by atoms with Crippen molar-refractivity contribution in [3.8, 4) is 0 Å². The number of rotatable bonds is 5. The molecule has 1 saturated heterocycles. The van der Waals surface area contributed by atoms with Crippen LogP contribution < -0.4 is 0 Å². The standard InChI is InChI=1S/C12H18O3/c1-2-3-4-5-11-9-14-12(15-11)10-6-7-13-8-10/h6-8,11-12H,2-5,9H2,1H3. The van der Waals surface area contributed by atoms with Gasteiger partial charge in [0, 0.05) is 5.56 Å². The molecule has 2 heterocycles. The van der Waals surface area contributed by atoms with Gasteiger partial charge < -0.3 is 13.9 Å². The molecule has 0 spiro atoms. The third-order valence-corrected chi connectivity index (χ3v) is 2.69. The van der Waals surface area contributed by atoms with E-state index < -0.39 is 0 Å². The number of ether oxygens (including phenoxy) is 2. The maximum absolute atomic E-state index is 5.77. The highest BCUT2D eigenvalue weighted by Gasteiger charge is 2.27. The van der Waals surface area contributed by atoms with Crippen molar-refractivity contribution in [2.24, 2.45) is 0 Å². The van der Waals surface area contributed by atoms with Gasteiger partial charge in [0.05, 0.1) is 25.2 Å². The van der Waals surface area contributed by atoms with Gasteiger partial charge in [-0.05, 0) is 12.5 Å². The second-order valence-corrected chi connectivity index (χ2v) is 3.98. The predicted molar refractivity (Wildman–Crippen MR) is 56.4 cm³/mol. The molecular weight excluding hydrogens is 192 g/mol. The summed E-state index contributed by atoms with van der Waals surface area (Å²) in [4.78, 5) is 0. The topological polar surface area (TPSA) is 31.6 Å². The predicted octanol–water partition coefficient (Wildman–Crippen LogP) is 3.27. The smallest absolute Gasteiger partial charge is 0.187 e. The minimum Gasteiger partial charge on any atom is -0.472 e. The molecule has 0 aliphatic carbocycles. The first-order valence-electron chi connectivity index (χ1n) is 5.69. The van der Waals surface area contributed by atoms with E-state index in [2.05, 4.69) is 6.92 Å². The highest BCUT2D eigenvalue weighted by Crippen LogP contribution is 2.29. The zero-order valence-corrected chi connectivity index (χ0v) is 9.15. The first kappa shape index (κ1) is 10.7. The average Bonchev–Trinajstić information content (AvgIpc) is 2.87. The van der Waals surface area contributed by atoms with Crippen molar-refractivity contribution in [1.82, 2.24) is 0 Å². The van der Waals surface area contributed by atoms with E-state index in [1.165, 1.54) is 19.3 Å². The molecule has 2 unspecified atom stereocenters. The van der Waals surface area contributed by atoms with E-state index >= 15 is 0 Å². The fourth-order valence-electron chi connectivity index (χ4n) is 1.81. The van der Waals surface area contributed by atoms with Crippen LogP contribution in [0.2, 0.25) is 0 Å². The van der Waals surface area contributed by atoms with E-state index in [4.69, 9.17) is 13.9 Å². The molecule has 0 N–H and O–H groups in total. The van der Waals surface area contributed by atoms with Crippen LogP contribution >= 0.6 is 0 Å². The van der Waals surface area contributed by atoms with Gasteiger partial charge >= 0.3 is 0 Å². The molecule has 3 heteroatoms. The molecule has 1 aliphatic rings. The van der Waals surface area contributed by atoms with E-state index in [0.717, 1.165) is 12.0 Å². The summed E-state index contributed by atoms with van der Waals surface area (Å²) < 4.78 is 16.3. The van der Waals surface area contributed by atoms with Crippen molar-refractivity contribution >= 4 is 0 Å². The van der Waals surface area contributed by atoms with Crippen molar-refractivity contribution in [2.75, 3.05) is 6.61 Å². The summed E-state index contributed by atoms with van der Waals surface area (Å²) in [5.74, 6) is 0. The first-order chi connectivity index (χ1) is 7.40. The lowest BCUT2D eigenvalue weighted by Crippen LogP contribution is -2.09. The largest absolute Gasteiger partial charge is 0.472 e. The highest BCUT2D eigenvalue weighted by atomic mass is 16.7. The van der Waals surface area contributed by atoms with Crippen molar-refractivity contribution in [3.05, 3.63) is 24.2 Å². The van der Waals surface area contributed by atoms with Crippen molar-refractivity contribution < 1.29 is 13.9 Å². The van der Waals surface area contributed by atoms with Crippen molar-refractivity contribution in [2.45, 2.75) is 45.0 Å². The first-order valence-corrected chi connectivity index (χ1v) is 5.69. The van der Waals surface area contributed by atoms with Crippen molar-refractivity contribution in [1.29, 1.82) is 0 Å². The fraction of sp³-hybridized carbons (Fsp3) is 0.667. The molecule has 0 amide bonds. The Morgan fingerprint density at radius 1 is 1.40 bits per heavy atom. The van der Waals surface area contributed by atoms with Crippen LogP contribution in [0.4, 0.5) is 0 Å². The third kappa shape index (κ3) is 2.83. The molecule has 1 aromatic rings. The molecule has 84 valence electrons. The van der Waals surface area contributed by atoms with Crippen LogP contribution in [0.25, 0.3) is 0 Å². The van der Waals surface area contributed by atoms with Gasteiger partial charge in [-0.15, -0.1) is 0 Å². The molecule has 1 aliphatic heterocycles. The monoisotopic (exact) mass is 210 g/mol. The van der Waals surface area contributed by atoms with Gasteiger partial charge in [0.15, 0.2) is 6.29 Å². The van der Waals surface area contributed by atoms with Crippen molar-refractivity contribution in [3.63, 3.8) is 0 Å². The quantitative estimate of drug-likeness (QED) is 0.699. The zero-order valence-electron chi connectivity index (χ0n) is 9.15. The van der Waals surface area contributed by atoms with Gasteiger partial charge in [0.25, 0.3) is 0 Å². The number of furan rings is 1. The summed E-state index contributed by atoms with van der Waals surface area (Å²) in [6.45, 7) is 2.92. The Kier molecular flexibility index (Phi) is 3.80. The molecule has 3 nitrogen and oxygen atoms in total. The van der Waals surface area contributed by atoms with Gasteiger partial charge in [0.1, 0.15) is 0 Å². The Morgan fingerprint density at radius 3 is 3.07 bits per heavy atom. The lowest BCUT2D eigenvalue weighted by Gasteiger charge is -2.09. The van der Waals surface area contributed by atoms with Crippen LogP contribution in [0.1, 0.15) is 44.5 Å². The minimum absolute atomic E-state index is 0.213. The SMILES string of the molecule is CCCCCC1COC(c2ccoc2)O1. The Bertz CT molecular complexity index is 268. The van der Waals surface area contributed by atoms with E-state index in [-0.39, 0.29) is 12.4 Å². The summed E-state index contributed by atoms with van der Waals surface area (Å²) in [6.07, 6.45) is 8.22. The van der Waals surface area contributed by atoms with E-state index in [1.54, 1.807) is 12.5 Å². The molecule has 2 rings (SSSR count). The Balaban J connectivity index is 1.75. The molecule has 15 heavy (non-hydrogen) atoms. The van der Waals surface area contributed by atoms with Crippen LogP contribution in [0, 0.1) is 0 Å². The lowest BCUT2D eigenvalue weighted by molar-refractivity contribution is -0.0616. The molecule has 1 aromatic heterocycles. The summed E-state index contributed by atoms with van der Waals surface area (Å²) >= 11 is 0. The van der Waals surface area contributed by atoms with Gasteiger partial charge in [-0.25, -0.2) is 0 Å². The third-order valence-electron chi connectivity index (χ3n) is 2.69. The second kappa shape index (κ2) is 5.33. The Morgan fingerprint density at radius 2 is 2.33 bits per heavy atom. The van der Waals surface area contributed by atoms with Gasteiger partial charge in [-0.2, -0.15) is 0 Å². The molecule has 1 fully saturated rings. The molecule has 2 atom stereocenters. The fourth-order valence-corrected chi connectivity index (χ4v) is 1.81. The Hall–Kier alpha value is -0.800. The lowest BCUT2D eigenvalue weighted by atomic mass is 10.1. The van der Waals surface area contributed by atoms with E-state index in [0.29, 0.717) is 6.61 Å². The summed E-state index contributed by atoms with van der Waals surface area (Å²) in [7, 11) is 0. The minimum atomic E-state index is -0.213. The van der Waals surface area contributed by atoms with Gasteiger partial charge in [-0.3, -0.25) is 0 Å². The molecule has 0 aromatic carbocycles. The Labute approximate surface area is 90.4 Å². The highest BCUT2D eigenvalue weighted by molar-refractivity contribution is 5.07. The van der Waals surface area contributed by atoms with Crippen LogP contribution in [0.3, 0.4) is 0 Å². The maximum Gasteiger partial charge on any atom is 0.187 e. The molecule has 0 saturated carbocycles. The average molecular weight is 210 g/mol.